The molecule has 0 bridgehead atoms. The maximum atomic E-state index is 4.86. The first-order valence-corrected chi connectivity index (χ1v) is 3.47. The molecule has 0 N–H and O–H groups in total. The van der Waals surface area contributed by atoms with E-state index in [2.05, 4.69) is 23.8 Å². The molecular formula is C8H9NO. The molecule has 0 amide bonds. The molecule has 2 nitrogen and oxygen atoms in total. The van der Waals surface area contributed by atoms with Gasteiger partial charge in [-0.05, 0) is 18.7 Å². The highest BCUT2D eigenvalue weighted by molar-refractivity contribution is 5.08. The van der Waals surface area contributed by atoms with Crippen LogP contribution in [0.3, 0.4) is 0 Å². The van der Waals surface area contributed by atoms with Gasteiger partial charge in [-0.2, -0.15) is 0 Å². The molecule has 0 aliphatic carbocycles. The zero-order chi connectivity index (χ0) is 6.81. The standard InChI is InChI=1S/C8H9NO/c1-2-5-9(4-1)8-3-6-10-7-8/h1,3-4,6,8H,2,5H2. The zero-order valence-electron chi connectivity index (χ0n) is 5.66. The molecular weight excluding hydrogens is 126 g/mol. The molecule has 0 saturated heterocycles. The zero-order valence-corrected chi connectivity index (χ0v) is 5.66. The molecule has 2 heterocycles. The molecule has 2 heteroatoms. The summed E-state index contributed by atoms with van der Waals surface area (Å²) in [5.41, 5.74) is 0. The quantitative estimate of drug-likeness (QED) is 0.535. The smallest absolute Gasteiger partial charge is 0.223 e. The van der Waals surface area contributed by atoms with Gasteiger partial charge in [-0.15, -0.1) is 0 Å². The van der Waals surface area contributed by atoms with Gasteiger partial charge in [0.2, 0.25) is 6.61 Å². The average Bonchev–Trinajstić information content (AvgIpc) is 2.59. The van der Waals surface area contributed by atoms with Gasteiger partial charge in [0.25, 0.3) is 0 Å². The minimum atomic E-state index is 0.249. The molecule has 0 saturated carbocycles. The molecule has 2 radical (unpaired) electrons. The van der Waals surface area contributed by atoms with Crippen LogP contribution in [0.25, 0.3) is 0 Å². The molecule has 0 spiro atoms. The van der Waals surface area contributed by atoms with Crippen LogP contribution < -0.4 is 0 Å². The molecule has 1 atom stereocenters. The summed E-state index contributed by atoms with van der Waals surface area (Å²) in [5, 5.41) is 0. The second kappa shape index (κ2) is 2.37. The van der Waals surface area contributed by atoms with Crippen molar-refractivity contribution in [1.29, 1.82) is 0 Å². The van der Waals surface area contributed by atoms with E-state index in [0.717, 1.165) is 13.0 Å². The largest absolute Gasteiger partial charge is 0.484 e. The van der Waals surface area contributed by atoms with Gasteiger partial charge in [-0.1, -0.05) is 6.08 Å². The third kappa shape index (κ3) is 0.897. The lowest BCUT2D eigenvalue weighted by Gasteiger charge is -2.18. The van der Waals surface area contributed by atoms with E-state index in [-0.39, 0.29) is 6.04 Å². The van der Waals surface area contributed by atoms with E-state index in [4.69, 9.17) is 4.74 Å². The van der Waals surface area contributed by atoms with Gasteiger partial charge >= 0.3 is 0 Å². The number of ether oxygens (including phenoxy) is 1. The molecule has 0 aromatic carbocycles. The van der Waals surface area contributed by atoms with Gasteiger partial charge < -0.3 is 9.64 Å². The van der Waals surface area contributed by atoms with E-state index in [1.165, 1.54) is 0 Å². The van der Waals surface area contributed by atoms with Gasteiger partial charge in [-0.3, -0.25) is 0 Å². The Morgan fingerprint density at radius 3 is 3.20 bits per heavy atom. The summed E-state index contributed by atoms with van der Waals surface area (Å²) in [6.07, 6.45) is 9.07. The van der Waals surface area contributed by atoms with Gasteiger partial charge in [0, 0.05) is 6.54 Å². The molecule has 0 aromatic heterocycles. The summed E-state index contributed by atoms with van der Waals surface area (Å²) >= 11 is 0. The fraction of sp³-hybridized carbons (Fsp3) is 0.375. The van der Waals surface area contributed by atoms with Crippen molar-refractivity contribution in [3.63, 3.8) is 0 Å². The van der Waals surface area contributed by atoms with Crippen LogP contribution in [0.5, 0.6) is 0 Å². The van der Waals surface area contributed by atoms with Crippen LogP contribution in [0, 0.1) is 6.61 Å². The molecule has 0 fully saturated rings. The first-order chi connectivity index (χ1) is 4.97. The highest BCUT2D eigenvalue weighted by Gasteiger charge is 2.19. The van der Waals surface area contributed by atoms with Crippen LogP contribution in [0.2, 0.25) is 0 Å². The maximum Gasteiger partial charge on any atom is 0.223 e. The Bertz CT molecular complexity index is 154. The van der Waals surface area contributed by atoms with Crippen LogP contribution in [0.4, 0.5) is 0 Å². The molecule has 2 aliphatic rings. The van der Waals surface area contributed by atoms with Gasteiger partial charge in [0.1, 0.15) is 0 Å². The fourth-order valence-electron chi connectivity index (χ4n) is 1.18. The molecule has 1 unspecified atom stereocenters. The van der Waals surface area contributed by atoms with E-state index in [0.29, 0.717) is 0 Å². The van der Waals surface area contributed by atoms with E-state index < -0.39 is 0 Å². The van der Waals surface area contributed by atoms with E-state index in [1.54, 1.807) is 6.26 Å². The first kappa shape index (κ1) is 5.83. The van der Waals surface area contributed by atoms with Gasteiger partial charge in [0.05, 0.1) is 12.3 Å². The predicted molar refractivity (Wildman–Crippen MR) is 37.7 cm³/mol. The molecule has 52 valence electrons. The highest BCUT2D eigenvalue weighted by Crippen LogP contribution is 2.16. The molecule has 10 heavy (non-hydrogen) atoms. The summed E-state index contributed by atoms with van der Waals surface area (Å²) in [5.74, 6) is 0. The Morgan fingerprint density at radius 2 is 2.60 bits per heavy atom. The minimum Gasteiger partial charge on any atom is -0.484 e. The van der Waals surface area contributed by atoms with Crippen molar-refractivity contribution in [2.45, 2.75) is 12.5 Å². The topological polar surface area (TPSA) is 12.5 Å². The van der Waals surface area contributed by atoms with Crippen molar-refractivity contribution in [3.8, 4) is 0 Å². The van der Waals surface area contributed by atoms with Crippen molar-refractivity contribution in [2.24, 2.45) is 0 Å². The number of rotatable bonds is 1. The van der Waals surface area contributed by atoms with Crippen molar-refractivity contribution in [2.75, 3.05) is 6.54 Å². The third-order valence-corrected chi connectivity index (χ3v) is 1.73. The maximum absolute atomic E-state index is 4.86. The Morgan fingerprint density at radius 1 is 1.60 bits per heavy atom. The van der Waals surface area contributed by atoms with Crippen molar-refractivity contribution < 1.29 is 4.74 Å². The normalized spacial score (nSPS) is 29.6. The van der Waals surface area contributed by atoms with Crippen LogP contribution in [-0.2, 0) is 4.74 Å². The molecule has 2 aliphatic heterocycles. The predicted octanol–water partition coefficient (Wildman–Crippen LogP) is 1.16. The summed E-state index contributed by atoms with van der Waals surface area (Å²) < 4.78 is 4.86. The van der Waals surface area contributed by atoms with Crippen LogP contribution >= 0.6 is 0 Å². The van der Waals surface area contributed by atoms with E-state index in [9.17, 15) is 0 Å². The Hall–Kier alpha value is -0.920. The third-order valence-electron chi connectivity index (χ3n) is 1.73. The lowest BCUT2D eigenvalue weighted by molar-refractivity contribution is 0.277. The van der Waals surface area contributed by atoms with Crippen LogP contribution in [-0.4, -0.2) is 17.5 Å². The summed E-state index contributed by atoms with van der Waals surface area (Å²) in [7, 11) is 0. The highest BCUT2D eigenvalue weighted by atomic mass is 16.5. The Labute approximate surface area is 60.8 Å². The number of nitrogens with zero attached hydrogens (tertiary/aromatic N) is 1. The van der Waals surface area contributed by atoms with Gasteiger partial charge in [0.15, 0.2) is 0 Å². The SMILES string of the molecule is [C]1OC=CC1N1C=CCC1. The van der Waals surface area contributed by atoms with Crippen LogP contribution in [0.1, 0.15) is 6.42 Å². The number of hydrogen-bond acceptors (Lipinski definition) is 2. The Kier molecular flexibility index (Phi) is 1.38. The Balaban J connectivity index is 1.98. The van der Waals surface area contributed by atoms with Crippen molar-refractivity contribution in [3.05, 3.63) is 31.2 Å². The van der Waals surface area contributed by atoms with Crippen molar-refractivity contribution >= 4 is 0 Å². The second-order valence-electron chi connectivity index (χ2n) is 2.42. The second-order valence-corrected chi connectivity index (χ2v) is 2.42. The summed E-state index contributed by atoms with van der Waals surface area (Å²) in [6.45, 7) is 3.95. The molecule has 0 aromatic rings. The minimum absolute atomic E-state index is 0.249. The lowest BCUT2D eigenvalue weighted by atomic mass is 10.3. The van der Waals surface area contributed by atoms with E-state index >= 15 is 0 Å². The monoisotopic (exact) mass is 135 g/mol. The summed E-state index contributed by atoms with van der Waals surface area (Å²) in [4.78, 5) is 2.20. The first-order valence-electron chi connectivity index (χ1n) is 3.47. The summed E-state index contributed by atoms with van der Waals surface area (Å²) in [6, 6.07) is 0.249. The van der Waals surface area contributed by atoms with Gasteiger partial charge in [-0.25, -0.2) is 0 Å². The average molecular weight is 135 g/mol. The van der Waals surface area contributed by atoms with Crippen LogP contribution in [0.15, 0.2) is 24.6 Å². The fourth-order valence-corrected chi connectivity index (χ4v) is 1.18. The lowest BCUT2D eigenvalue weighted by Crippen LogP contribution is -2.25. The molecule has 2 rings (SSSR count). The van der Waals surface area contributed by atoms with E-state index in [1.807, 2.05) is 6.08 Å². The van der Waals surface area contributed by atoms with Crippen molar-refractivity contribution in [1.82, 2.24) is 4.90 Å². The number of hydrogen-bond donors (Lipinski definition) is 0.